The Balaban J connectivity index is 1.99. The van der Waals surface area contributed by atoms with Crippen molar-refractivity contribution in [2.24, 2.45) is 0 Å². The lowest BCUT2D eigenvalue weighted by Crippen LogP contribution is -2.46. The molecule has 0 saturated carbocycles. The summed E-state index contributed by atoms with van der Waals surface area (Å²) in [6.07, 6.45) is 4.82. The summed E-state index contributed by atoms with van der Waals surface area (Å²) >= 11 is 0. The van der Waals surface area contributed by atoms with Gasteiger partial charge in [-0.25, -0.2) is 14.8 Å². The Kier molecular flexibility index (Phi) is 3.52. The number of piperazine rings is 1. The van der Waals surface area contributed by atoms with E-state index in [0.717, 1.165) is 32.0 Å². The van der Waals surface area contributed by atoms with E-state index in [9.17, 15) is 4.79 Å². The first-order valence-corrected chi connectivity index (χ1v) is 5.48. The Bertz CT molecular complexity index is 431. The van der Waals surface area contributed by atoms with Crippen LogP contribution in [0.4, 0.5) is 5.82 Å². The van der Waals surface area contributed by atoms with Crippen molar-refractivity contribution in [3.63, 3.8) is 0 Å². The molecule has 0 aliphatic carbocycles. The third-order valence-corrected chi connectivity index (χ3v) is 2.81. The number of hydrogen-bond donors (Lipinski definition) is 0. The molecule has 1 aromatic rings. The van der Waals surface area contributed by atoms with Gasteiger partial charge in [0, 0.05) is 32.4 Å². The number of nitrogens with zero attached hydrogens (tertiary/aromatic N) is 4. The van der Waals surface area contributed by atoms with Gasteiger partial charge in [0.25, 0.3) is 0 Å². The van der Waals surface area contributed by atoms with Gasteiger partial charge in [-0.2, -0.15) is 0 Å². The SMILES string of the molecule is C=CC(=C=O)N1CCN(c2ccncn2)CC1. The molecular formula is C12H14N4O. The molecule has 17 heavy (non-hydrogen) atoms. The van der Waals surface area contributed by atoms with E-state index >= 15 is 0 Å². The van der Waals surface area contributed by atoms with E-state index in [2.05, 4.69) is 21.4 Å². The molecule has 1 fully saturated rings. The lowest BCUT2D eigenvalue weighted by Gasteiger charge is -2.35. The van der Waals surface area contributed by atoms with Crippen molar-refractivity contribution in [3.8, 4) is 0 Å². The largest absolute Gasteiger partial charge is 0.359 e. The molecule has 1 saturated heterocycles. The fourth-order valence-electron chi connectivity index (χ4n) is 1.88. The van der Waals surface area contributed by atoms with E-state index in [1.165, 1.54) is 0 Å². The van der Waals surface area contributed by atoms with Gasteiger partial charge in [0.2, 0.25) is 0 Å². The zero-order valence-electron chi connectivity index (χ0n) is 9.54. The monoisotopic (exact) mass is 230 g/mol. The molecule has 0 radical (unpaired) electrons. The maximum absolute atomic E-state index is 10.7. The number of allylic oxidation sites excluding steroid dienone is 1. The third kappa shape index (κ3) is 2.52. The van der Waals surface area contributed by atoms with Crippen LogP contribution >= 0.6 is 0 Å². The van der Waals surface area contributed by atoms with Crippen molar-refractivity contribution in [3.05, 3.63) is 36.9 Å². The van der Waals surface area contributed by atoms with Crippen molar-refractivity contribution in [2.45, 2.75) is 0 Å². The van der Waals surface area contributed by atoms with Crippen molar-refractivity contribution in [1.29, 1.82) is 0 Å². The predicted molar refractivity (Wildman–Crippen MR) is 65.2 cm³/mol. The zero-order chi connectivity index (χ0) is 12.1. The van der Waals surface area contributed by atoms with E-state index in [0.29, 0.717) is 5.70 Å². The Morgan fingerprint density at radius 2 is 2.18 bits per heavy atom. The number of hydrogen-bond acceptors (Lipinski definition) is 5. The highest BCUT2D eigenvalue weighted by molar-refractivity contribution is 5.56. The number of rotatable bonds is 3. The minimum Gasteiger partial charge on any atom is -0.359 e. The standard InChI is InChI=1S/C12H14N4O/c1-2-11(9-17)15-5-7-16(8-6-15)12-3-4-13-10-14-12/h2-4,10H,1,5-8H2. The van der Waals surface area contributed by atoms with E-state index in [4.69, 9.17) is 0 Å². The molecule has 0 atom stereocenters. The first-order chi connectivity index (χ1) is 8.35. The van der Waals surface area contributed by atoms with E-state index < -0.39 is 0 Å². The highest BCUT2D eigenvalue weighted by Crippen LogP contribution is 2.14. The number of anilines is 1. The molecule has 2 heterocycles. The van der Waals surface area contributed by atoms with Gasteiger partial charge in [-0.15, -0.1) is 0 Å². The van der Waals surface area contributed by atoms with Crippen LogP contribution < -0.4 is 4.90 Å². The summed E-state index contributed by atoms with van der Waals surface area (Å²) in [5, 5.41) is 0. The molecule has 88 valence electrons. The summed E-state index contributed by atoms with van der Waals surface area (Å²) in [6, 6.07) is 1.89. The summed E-state index contributed by atoms with van der Waals surface area (Å²) in [7, 11) is 0. The molecule has 0 amide bonds. The van der Waals surface area contributed by atoms with Crippen LogP contribution in [0, 0.1) is 0 Å². The molecule has 1 aliphatic rings. The quantitative estimate of drug-likeness (QED) is 0.559. The minimum atomic E-state index is 0.535. The van der Waals surface area contributed by atoms with Crippen LogP contribution in [0.5, 0.6) is 0 Å². The summed E-state index contributed by atoms with van der Waals surface area (Å²) in [5.74, 6) is 2.83. The topological polar surface area (TPSA) is 49.3 Å². The predicted octanol–water partition coefficient (Wildman–Crippen LogP) is 0.500. The molecule has 1 aliphatic heterocycles. The molecule has 0 bridgehead atoms. The smallest absolute Gasteiger partial charge is 0.150 e. The summed E-state index contributed by atoms with van der Waals surface area (Å²) in [4.78, 5) is 22.9. The molecule has 1 aromatic heterocycles. The average molecular weight is 230 g/mol. The number of aromatic nitrogens is 2. The van der Waals surface area contributed by atoms with Crippen molar-refractivity contribution >= 4 is 11.8 Å². The van der Waals surface area contributed by atoms with Crippen LogP contribution in [0.1, 0.15) is 0 Å². The van der Waals surface area contributed by atoms with Crippen LogP contribution in [0.25, 0.3) is 0 Å². The van der Waals surface area contributed by atoms with E-state index in [1.54, 1.807) is 18.6 Å². The van der Waals surface area contributed by atoms with Crippen LogP contribution in [0.3, 0.4) is 0 Å². The highest BCUT2D eigenvalue weighted by Gasteiger charge is 2.18. The molecule has 5 heteroatoms. The van der Waals surface area contributed by atoms with Gasteiger partial charge in [-0.3, -0.25) is 0 Å². The average Bonchev–Trinajstić information content (AvgIpc) is 2.42. The molecule has 0 unspecified atom stereocenters. The van der Waals surface area contributed by atoms with Crippen LogP contribution in [-0.2, 0) is 4.79 Å². The fourth-order valence-corrected chi connectivity index (χ4v) is 1.88. The maximum atomic E-state index is 10.7. The highest BCUT2D eigenvalue weighted by atomic mass is 16.1. The second-order valence-electron chi connectivity index (χ2n) is 3.73. The fraction of sp³-hybridized carbons (Fsp3) is 0.333. The molecule has 5 nitrogen and oxygen atoms in total. The maximum Gasteiger partial charge on any atom is 0.150 e. The lowest BCUT2D eigenvalue weighted by molar-refractivity contribution is 0.331. The molecule has 0 spiro atoms. The van der Waals surface area contributed by atoms with Gasteiger partial charge in [0.1, 0.15) is 23.8 Å². The van der Waals surface area contributed by atoms with Crippen molar-refractivity contribution in [1.82, 2.24) is 14.9 Å². The molecule has 2 rings (SSSR count). The second kappa shape index (κ2) is 5.27. The van der Waals surface area contributed by atoms with Gasteiger partial charge in [0.05, 0.1) is 0 Å². The van der Waals surface area contributed by atoms with Crippen molar-refractivity contribution in [2.75, 3.05) is 31.1 Å². The van der Waals surface area contributed by atoms with Crippen LogP contribution in [-0.4, -0.2) is 47.0 Å². The van der Waals surface area contributed by atoms with Gasteiger partial charge in [-0.1, -0.05) is 6.58 Å². The van der Waals surface area contributed by atoms with Crippen LogP contribution in [0.15, 0.2) is 36.9 Å². The Morgan fingerprint density at radius 1 is 1.41 bits per heavy atom. The van der Waals surface area contributed by atoms with Gasteiger partial charge in [-0.05, 0) is 12.1 Å². The molecular weight excluding hydrogens is 216 g/mol. The minimum absolute atomic E-state index is 0.535. The molecule has 0 N–H and O–H groups in total. The Morgan fingerprint density at radius 3 is 2.71 bits per heavy atom. The van der Waals surface area contributed by atoms with Gasteiger partial charge >= 0.3 is 0 Å². The zero-order valence-corrected chi connectivity index (χ0v) is 9.54. The molecule has 0 aromatic carbocycles. The van der Waals surface area contributed by atoms with Crippen molar-refractivity contribution < 1.29 is 4.79 Å². The first-order valence-electron chi connectivity index (χ1n) is 5.48. The summed E-state index contributed by atoms with van der Waals surface area (Å²) in [5.41, 5.74) is 0.535. The summed E-state index contributed by atoms with van der Waals surface area (Å²) in [6.45, 7) is 6.82. The summed E-state index contributed by atoms with van der Waals surface area (Å²) < 4.78 is 0. The number of carbonyl (C=O) groups excluding carboxylic acids is 1. The van der Waals surface area contributed by atoms with Gasteiger partial charge < -0.3 is 9.80 Å². The Labute approximate surface area is 100 Å². The second-order valence-corrected chi connectivity index (χ2v) is 3.73. The lowest BCUT2D eigenvalue weighted by atomic mass is 10.3. The third-order valence-electron chi connectivity index (χ3n) is 2.81. The first kappa shape index (κ1) is 11.4. The Hall–Kier alpha value is -2.13. The van der Waals surface area contributed by atoms with E-state index in [1.807, 2.05) is 16.9 Å². The van der Waals surface area contributed by atoms with Gasteiger partial charge in [0.15, 0.2) is 0 Å². The van der Waals surface area contributed by atoms with Crippen LogP contribution in [0.2, 0.25) is 0 Å². The van der Waals surface area contributed by atoms with E-state index in [-0.39, 0.29) is 0 Å². The normalized spacial score (nSPS) is 15.3.